The van der Waals surface area contributed by atoms with Gasteiger partial charge in [0.1, 0.15) is 18.3 Å². The predicted molar refractivity (Wildman–Crippen MR) is 170 cm³/mol. The van der Waals surface area contributed by atoms with Gasteiger partial charge >= 0.3 is 0 Å². The van der Waals surface area contributed by atoms with Crippen LogP contribution in [0.2, 0.25) is 0 Å². The van der Waals surface area contributed by atoms with Crippen LogP contribution in [-0.4, -0.2) is 50.9 Å². The number of para-hydroxylation sites is 1. The van der Waals surface area contributed by atoms with Gasteiger partial charge in [-0.05, 0) is 74.1 Å². The van der Waals surface area contributed by atoms with E-state index in [4.69, 9.17) is 4.74 Å². The Balaban J connectivity index is 1.75. The molecule has 0 aromatic heterocycles. The lowest BCUT2D eigenvalue weighted by Crippen LogP contribution is -2.53. The number of carbonyl (C=O) groups is 2. The zero-order valence-corrected chi connectivity index (χ0v) is 26.4. The van der Waals surface area contributed by atoms with Crippen LogP contribution in [0.5, 0.6) is 5.75 Å². The molecule has 3 aromatic rings. The molecule has 0 bridgehead atoms. The van der Waals surface area contributed by atoms with E-state index in [1.165, 1.54) is 9.21 Å². The molecule has 4 rings (SSSR count). The highest BCUT2D eigenvalue weighted by atomic mass is 32.2. The number of anilines is 1. The first-order valence-corrected chi connectivity index (χ1v) is 16.5. The van der Waals surface area contributed by atoms with E-state index in [1.807, 2.05) is 57.2 Å². The standard InChI is InChI=1S/C34H43N3O5S/c1-5-27-13-7-10-17-32(27)37(43(40,41)30-20-18-25(3)19-21-30)24-33(38)36(23-26-12-11-16-29(22-26)42-4)31(6-2)34(39)35-28-14-8-9-15-28/h7,10-13,16-22,28,31H,5-6,8-9,14-15,23-24H2,1-4H3,(H,35,39)/t31-/m1/s1. The van der Waals surface area contributed by atoms with Gasteiger partial charge in [0, 0.05) is 12.6 Å². The van der Waals surface area contributed by atoms with Crippen LogP contribution < -0.4 is 14.4 Å². The Morgan fingerprint density at radius 3 is 2.33 bits per heavy atom. The van der Waals surface area contributed by atoms with Gasteiger partial charge in [0.25, 0.3) is 10.0 Å². The van der Waals surface area contributed by atoms with Crippen molar-refractivity contribution >= 4 is 27.5 Å². The normalized spacial score (nSPS) is 14.2. The Labute approximate surface area is 256 Å². The first-order chi connectivity index (χ1) is 20.7. The van der Waals surface area contributed by atoms with E-state index in [9.17, 15) is 18.0 Å². The summed E-state index contributed by atoms with van der Waals surface area (Å²) in [7, 11) is -2.55. The maximum absolute atomic E-state index is 14.4. The highest BCUT2D eigenvalue weighted by Crippen LogP contribution is 2.29. The number of amides is 2. The van der Waals surface area contributed by atoms with Crippen molar-refractivity contribution in [2.24, 2.45) is 0 Å². The number of rotatable bonds is 13. The largest absolute Gasteiger partial charge is 0.497 e. The summed E-state index contributed by atoms with van der Waals surface area (Å²) in [5.74, 6) is -0.0424. The third kappa shape index (κ3) is 7.76. The van der Waals surface area contributed by atoms with E-state index in [2.05, 4.69) is 5.32 Å². The first kappa shape index (κ1) is 32.1. The highest BCUT2D eigenvalue weighted by molar-refractivity contribution is 7.92. The van der Waals surface area contributed by atoms with Gasteiger partial charge in [-0.25, -0.2) is 8.42 Å². The van der Waals surface area contributed by atoms with Crippen molar-refractivity contribution in [2.75, 3.05) is 18.0 Å². The molecule has 0 heterocycles. The Morgan fingerprint density at radius 2 is 1.67 bits per heavy atom. The minimum absolute atomic E-state index is 0.0881. The number of nitrogens with zero attached hydrogens (tertiary/aromatic N) is 2. The Morgan fingerprint density at radius 1 is 0.977 bits per heavy atom. The number of sulfonamides is 1. The van der Waals surface area contributed by atoms with Gasteiger partial charge in [-0.15, -0.1) is 0 Å². The van der Waals surface area contributed by atoms with E-state index in [0.717, 1.165) is 42.4 Å². The minimum Gasteiger partial charge on any atom is -0.497 e. The Kier molecular flexibility index (Phi) is 10.9. The number of methoxy groups -OCH3 is 1. The zero-order chi connectivity index (χ0) is 31.0. The highest BCUT2D eigenvalue weighted by Gasteiger charge is 2.35. The van der Waals surface area contributed by atoms with Crippen LogP contribution in [0.4, 0.5) is 5.69 Å². The summed E-state index contributed by atoms with van der Waals surface area (Å²) >= 11 is 0. The third-order valence-corrected chi connectivity index (χ3v) is 9.88. The van der Waals surface area contributed by atoms with Gasteiger partial charge < -0.3 is 15.0 Å². The predicted octanol–water partition coefficient (Wildman–Crippen LogP) is 5.63. The number of hydrogen-bond acceptors (Lipinski definition) is 5. The SMILES string of the molecule is CCc1ccccc1N(CC(=O)N(Cc1cccc(OC)c1)[C@H](CC)C(=O)NC1CCCC1)S(=O)(=O)c1ccc(C)cc1. The summed E-state index contributed by atoms with van der Waals surface area (Å²) in [6, 6.07) is 20.5. The summed E-state index contributed by atoms with van der Waals surface area (Å²) in [5.41, 5.74) is 2.96. The topological polar surface area (TPSA) is 96.0 Å². The van der Waals surface area contributed by atoms with E-state index < -0.39 is 28.5 Å². The van der Waals surface area contributed by atoms with Gasteiger partial charge in [0.15, 0.2) is 0 Å². The lowest BCUT2D eigenvalue weighted by atomic mass is 10.1. The fourth-order valence-electron chi connectivity index (χ4n) is 5.66. The number of aryl methyl sites for hydroxylation is 2. The number of benzene rings is 3. The van der Waals surface area contributed by atoms with Crippen molar-refractivity contribution in [1.29, 1.82) is 0 Å². The molecule has 1 N–H and O–H groups in total. The molecule has 1 aliphatic carbocycles. The van der Waals surface area contributed by atoms with Crippen molar-refractivity contribution in [1.82, 2.24) is 10.2 Å². The minimum atomic E-state index is -4.12. The first-order valence-electron chi connectivity index (χ1n) is 15.1. The molecule has 43 heavy (non-hydrogen) atoms. The summed E-state index contributed by atoms with van der Waals surface area (Å²) in [6.45, 7) is 5.39. The molecule has 0 radical (unpaired) electrons. The van der Waals surface area contributed by atoms with Gasteiger partial charge in [-0.2, -0.15) is 0 Å². The van der Waals surface area contributed by atoms with E-state index in [0.29, 0.717) is 24.3 Å². The molecule has 0 saturated heterocycles. The molecule has 3 aromatic carbocycles. The summed E-state index contributed by atoms with van der Waals surface area (Å²) in [6.07, 6.45) is 4.93. The van der Waals surface area contributed by atoms with E-state index >= 15 is 0 Å². The molecular formula is C34H43N3O5S. The van der Waals surface area contributed by atoms with Crippen LogP contribution in [0, 0.1) is 6.92 Å². The lowest BCUT2D eigenvalue weighted by Gasteiger charge is -2.34. The van der Waals surface area contributed by atoms with Gasteiger partial charge in [0.2, 0.25) is 11.8 Å². The fourth-order valence-corrected chi connectivity index (χ4v) is 7.11. The molecule has 1 atom stereocenters. The van der Waals surface area contributed by atoms with Crippen molar-refractivity contribution in [3.63, 3.8) is 0 Å². The number of ether oxygens (including phenoxy) is 1. The van der Waals surface area contributed by atoms with Crippen molar-refractivity contribution in [3.8, 4) is 5.75 Å². The molecule has 0 aliphatic heterocycles. The summed E-state index contributed by atoms with van der Waals surface area (Å²) < 4.78 is 34.9. The smallest absolute Gasteiger partial charge is 0.264 e. The number of carbonyl (C=O) groups excluding carboxylic acids is 2. The van der Waals surface area contributed by atoms with Crippen molar-refractivity contribution in [3.05, 3.63) is 89.5 Å². The van der Waals surface area contributed by atoms with Gasteiger partial charge in [-0.1, -0.05) is 74.7 Å². The van der Waals surface area contributed by atoms with Crippen LogP contribution in [-0.2, 0) is 32.6 Å². The Bertz CT molecular complexity index is 1500. The second-order valence-corrected chi connectivity index (χ2v) is 13.0. The number of nitrogens with one attached hydrogen (secondary N) is 1. The van der Waals surface area contributed by atoms with Crippen LogP contribution in [0.3, 0.4) is 0 Å². The van der Waals surface area contributed by atoms with Crippen LogP contribution in [0.15, 0.2) is 77.7 Å². The van der Waals surface area contributed by atoms with Crippen LogP contribution in [0.25, 0.3) is 0 Å². The monoisotopic (exact) mass is 605 g/mol. The molecular weight excluding hydrogens is 562 g/mol. The van der Waals surface area contributed by atoms with Gasteiger partial charge in [0.05, 0.1) is 17.7 Å². The second-order valence-electron chi connectivity index (χ2n) is 11.1. The maximum Gasteiger partial charge on any atom is 0.264 e. The molecule has 0 unspecified atom stereocenters. The average Bonchev–Trinajstić information content (AvgIpc) is 3.53. The molecule has 230 valence electrons. The molecule has 8 nitrogen and oxygen atoms in total. The molecule has 1 saturated carbocycles. The molecule has 9 heteroatoms. The van der Waals surface area contributed by atoms with Gasteiger partial charge in [-0.3, -0.25) is 13.9 Å². The maximum atomic E-state index is 14.4. The molecule has 1 aliphatic rings. The molecule has 0 spiro atoms. The van der Waals surface area contributed by atoms with Crippen molar-refractivity contribution in [2.45, 2.75) is 82.8 Å². The lowest BCUT2D eigenvalue weighted by molar-refractivity contribution is -0.140. The quantitative estimate of drug-likeness (QED) is 0.273. The van der Waals surface area contributed by atoms with E-state index in [-0.39, 0.29) is 23.4 Å². The average molecular weight is 606 g/mol. The van der Waals surface area contributed by atoms with Crippen LogP contribution >= 0.6 is 0 Å². The molecule has 2 amide bonds. The van der Waals surface area contributed by atoms with Crippen LogP contribution in [0.1, 0.15) is 62.6 Å². The van der Waals surface area contributed by atoms with Crippen molar-refractivity contribution < 1.29 is 22.7 Å². The summed E-state index contributed by atoms with van der Waals surface area (Å²) in [5, 5.41) is 3.15. The Hall–Kier alpha value is -3.85. The number of hydrogen-bond donors (Lipinski definition) is 1. The summed E-state index contributed by atoms with van der Waals surface area (Å²) in [4.78, 5) is 29.6. The fraction of sp³-hybridized carbons (Fsp3) is 0.412. The third-order valence-electron chi connectivity index (χ3n) is 8.10. The van der Waals surface area contributed by atoms with E-state index in [1.54, 1.807) is 43.5 Å². The second kappa shape index (κ2) is 14.6. The zero-order valence-electron chi connectivity index (χ0n) is 25.6. The molecule has 1 fully saturated rings.